The van der Waals surface area contributed by atoms with Crippen LogP contribution in [0.1, 0.15) is 37.8 Å². The molecule has 1 aromatic rings. The molecule has 1 unspecified atom stereocenters. The number of rotatable bonds is 4. The third-order valence-corrected chi connectivity index (χ3v) is 4.96. The molecule has 2 nitrogen and oxygen atoms in total. The van der Waals surface area contributed by atoms with E-state index >= 15 is 0 Å². The second kappa shape index (κ2) is 5.79. The van der Waals surface area contributed by atoms with Crippen molar-refractivity contribution < 1.29 is 9.90 Å². The van der Waals surface area contributed by atoms with E-state index in [0.29, 0.717) is 0 Å². The van der Waals surface area contributed by atoms with Crippen molar-refractivity contribution in [2.24, 2.45) is 5.92 Å². The molecule has 2 rings (SSSR count). The maximum atomic E-state index is 11.2. The number of carbonyl (C=O) groups is 1. The van der Waals surface area contributed by atoms with E-state index in [0.717, 1.165) is 11.3 Å². The Labute approximate surface area is 113 Å². The fourth-order valence-corrected chi connectivity index (χ4v) is 3.42. The van der Waals surface area contributed by atoms with Crippen LogP contribution in [-0.4, -0.2) is 16.3 Å². The van der Waals surface area contributed by atoms with E-state index in [1.54, 1.807) is 0 Å². The van der Waals surface area contributed by atoms with Gasteiger partial charge < -0.3 is 5.11 Å². The molecule has 1 aliphatic carbocycles. The number of carboxylic acids is 1. The molecule has 0 bridgehead atoms. The van der Waals surface area contributed by atoms with Crippen LogP contribution in [-0.2, 0) is 17.6 Å². The fourth-order valence-electron chi connectivity index (χ4n) is 2.40. The Hall–Kier alpha value is -0.960. The first-order valence-corrected chi connectivity index (χ1v) is 7.47. The van der Waals surface area contributed by atoms with E-state index in [9.17, 15) is 9.90 Å². The summed E-state index contributed by atoms with van der Waals surface area (Å²) in [6.45, 7) is 3.92. The molecular weight excluding hydrogens is 244 g/mol. The van der Waals surface area contributed by atoms with Crippen LogP contribution < -0.4 is 0 Å². The number of benzene rings is 1. The van der Waals surface area contributed by atoms with Gasteiger partial charge in [-0.05, 0) is 54.9 Å². The first kappa shape index (κ1) is 13.5. The van der Waals surface area contributed by atoms with Crippen molar-refractivity contribution in [1.29, 1.82) is 0 Å². The zero-order valence-corrected chi connectivity index (χ0v) is 11.8. The van der Waals surface area contributed by atoms with Crippen LogP contribution in [0.5, 0.6) is 0 Å². The molecule has 0 spiro atoms. The van der Waals surface area contributed by atoms with Gasteiger partial charge in [0.15, 0.2) is 0 Å². The molecule has 1 N–H and O–H groups in total. The number of hydrogen-bond acceptors (Lipinski definition) is 2. The van der Waals surface area contributed by atoms with Gasteiger partial charge in [0.2, 0.25) is 0 Å². The average Bonchev–Trinajstić information content (AvgIpc) is 2.35. The highest BCUT2D eigenvalue weighted by Gasteiger charge is 2.23. The lowest BCUT2D eigenvalue weighted by Crippen LogP contribution is -2.22. The Kier molecular flexibility index (Phi) is 4.33. The number of hydrogen-bond donors (Lipinski definition) is 1. The Balaban J connectivity index is 2.16. The Morgan fingerprint density at radius 3 is 2.50 bits per heavy atom. The maximum Gasteiger partial charge on any atom is 0.317 e. The average molecular weight is 264 g/mol. The summed E-state index contributed by atoms with van der Waals surface area (Å²) in [5.41, 5.74) is 2.86. The summed E-state index contributed by atoms with van der Waals surface area (Å²) < 4.78 is 0. The molecule has 18 heavy (non-hydrogen) atoms. The third kappa shape index (κ3) is 3.08. The van der Waals surface area contributed by atoms with E-state index in [2.05, 4.69) is 18.2 Å². The van der Waals surface area contributed by atoms with E-state index in [1.165, 1.54) is 42.2 Å². The third-order valence-electron chi connectivity index (χ3n) is 3.43. The van der Waals surface area contributed by atoms with Crippen LogP contribution in [0.2, 0.25) is 0 Å². The van der Waals surface area contributed by atoms with Crippen molar-refractivity contribution in [1.82, 2.24) is 0 Å². The topological polar surface area (TPSA) is 37.3 Å². The number of fused-ring (bicyclic) bond motifs is 1. The highest BCUT2D eigenvalue weighted by atomic mass is 32.2. The minimum atomic E-state index is -0.715. The summed E-state index contributed by atoms with van der Waals surface area (Å²) in [4.78, 5) is 12.3. The molecule has 0 amide bonds. The summed E-state index contributed by atoms with van der Waals surface area (Å²) in [6, 6.07) is 6.45. The molecule has 0 radical (unpaired) electrons. The summed E-state index contributed by atoms with van der Waals surface area (Å²) in [6.07, 6.45) is 4.85. The first-order valence-electron chi connectivity index (χ1n) is 6.59. The monoisotopic (exact) mass is 264 g/mol. The molecule has 3 heteroatoms. The van der Waals surface area contributed by atoms with Crippen molar-refractivity contribution in [3.63, 3.8) is 0 Å². The first-order chi connectivity index (χ1) is 8.58. The zero-order chi connectivity index (χ0) is 13.1. The van der Waals surface area contributed by atoms with Crippen LogP contribution >= 0.6 is 11.8 Å². The SMILES string of the molecule is CC(C)C(Sc1ccc2c(c1)CCCC2)C(=O)O. The molecule has 0 aliphatic heterocycles. The predicted molar refractivity (Wildman–Crippen MR) is 75.2 cm³/mol. The van der Waals surface area contributed by atoms with Crippen molar-refractivity contribution >= 4 is 17.7 Å². The zero-order valence-electron chi connectivity index (χ0n) is 11.0. The van der Waals surface area contributed by atoms with Crippen LogP contribution in [0.4, 0.5) is 0 Å². The minimum Gasteiger partial charge on any atom is -0.480 e. The van der Waals surface area contributed by atoms with Gasteiger partial charge in [0, 0.05) is 4.90 Å². The number of aryl methyl sites for hydroxylation is 2. The molecule has 0 saturated carbocycles. The molecule has 0 heterocycles. The van der Waals surface area contributed by atoms with Crippen LogP contribution in [0.3, 0.4) is 0 Å². The van der Waals surface area contributed by atoms with Crippen LogP contribution in [0, 0.1) is 5.92 Å². The molecule has 0 aromatic heterocycles. The molecule has 98 valence electrons. The number of aliphatic carboxylic acids is 1. The minimum absolute atomic E-state index is 0.142. The number of carboxylic acid groups (broad SMARTS) is 1. The van der Waals surface area contributed by atoms with Gasteiger partial charge in [-0.3, -0.25) is 4.79 Å². The van der Waals surface area contributed by atoms with Gasteiger partial charge in [-0.1, -0.05) is 19.9 Å². The van der Waals surface area contributed by atoms with Crippen molar-refractivity contribution in [3.8, 4) is 0 Å². The second-order valence-corrected chi connectivity index (χ2v) is 6.47. The van der Waals surface area contributed by atoms with Gasteiger partial charge in [0.25, 0.3) is 0 Å². The second-order valence-electron chi connectivity index (χ2n) is 5.26. The van der Waals surface area contributed by atoms with Gasteiger partial charge >= 0.3 is 5.97 Å². The standard InChI is InChI=1S/C15H20O2S/c1-10(2)14(15(16)17)18-13-8-7-11-5-3-4-6-12(11)9-13/h7-10,14H,3-6H2,1-2H3,(H,16,17). The molecular formula is C15H20O2S. The summed E-state index contributed by atoms with van der Waals surface area (Å²) in [5, 5.41) is 8.87. The van der Waals surface area contributed by atoms with Crippen LogP contribution in [0.25, 0.3) is 0 Å². The molecule has 1 atom stereocenters. The van der Waals surface area contributed by atoms with Crippen molar-refractivity contribution in [2.45, 2.75) is 49.7 Å². The van der Waals surface area contributed by atoms with Crippen LogP contribution in [0.15, 0.2) is 23.1 Å². The van der Waals surface area contributed by atoms with Crippen molar-refractivity contribution in [2.75, 3.05) is 0 Å². The molecule has 0 fully saturated rings. The largest absolute Gasteiger partial charge is 0.480 e. The smallest absolute Gasteiger partial charge is 0.317 e. The van der Waals surface area contributed by atoms with E-state index in [4.69, 9.17) is 0 Å². The highest BCUT2D eigenvalue weighted by Crippen LogP contribution is 2.31. The quantitative estimate of drug-likeness (QED) is 0.841. The van der Waals surface area contributed by atoms with Gasteiger partial charge in [-0.25, -0.2) is 0 Å². The van der Waals surface area contributed by atoms with E-state index in [1.807, 2.05) is 13.8 Å². The fraction of sp³-hybridized carbons (Fsp3) is 0.533. The Morgan fingerprint density at radius 1 is 1.22 bits per heavy atom. The summed E-state index contributed by atoms with van der Waals surface area (Å²) >= 11 is 1.48. The van der Waals surface area contributed by atoms with E-state index < -0.39 is 5.97 Å². The Bertz CT molecular complexity index is 440. The molecule has 1 aliphatic rings. The number of thioether (sulfide) groups is 1. The lowest BCUT2D eigenvalue weighted by atomic mass is 9.92. The van der Waals surface area contributed by atoms with E-state index in [-0.39, 0.29) is 11.2 Å². The highest BCUT2D eigenvalue weighted by molar-refractivity contribution is 8.00. The molecule has 1 aromatic carbocycles. The Morgan fingerprint density at radius 2 is 1.89 bits per heavy atom. The predicted octanol–water partition coefficient (Wildman–Crippen LogP) is 3.77. The van der Waals surface area contributed by atoms with Gasteiger partial charge in [-0.15, -0.1) is 11.8 Å². The summed E-state index contributed by atoms with van der Waals surface area (Å²) in [7, 11) is 0. The normalized spacial score (nSPS) is 16.4. The van der Waals surface area contributed by atoms with Gasteiger partial charge in [-0.2, -0.15) is 0 Å². The van der Waals surface area contributed by atoms with Crippen molar-refractivity contribution in [3.05, 3.63) is 29.3 Å². The van der Waals surface area contributed by atoms with Gasteiger partial charge in [0.1, 0.15) is 5.25 Å². The molecule has 0 saturated heterocycles. The van der Waals surface area contributed by atoms with Gasteiger partial charge in [0.05, 0.1) is 0 Å². The lowest BCUT2D eigenvalue weighted by molar-refractivity contribution is -0.137. The maximum absolute atomic E-state index is 11.2. The lowest BCUT2D eigenvalue weighted by Gasteiger charge is -2.19. The summed E-state index contributed by atoms with van der Waals surface area (Å²) in [5.74, 6) is -0.573.